The van der Waals surface area contributed by atoms with Crippen LogP contribution in [0.25, 0.3) is 0 Å². The molecule has 0 bridgehead atoms. The lowest BCUT2D eigenvalue weighted by Crippen LogP contribution is -2.50. The number of methoxy groups -OCH3 is 1. The number of ether oxygens (including phenoxy) is 1. The van der Waals surface area contributed by atoms with Gasteiger partial charge in [-0.1, -0.05) is 65.0 Å². The van der Waals surface area contributed by atoms with E-state index >= 15 is 0 Å². The van der Waals surface area contributed by atoms with Crippen molar-refractivity contribution in [3.8, 4) is 0 Å². The van der Waals surface area contributed by atoms with Gasteiger partial charge in [0.05, 0.1) is 19.1 Å². The Morgan fingerprint density at radius 3 is 2.19 bits per heavy atom. The van der Waals surface area contributed by atoms with Gasteiger partial charge in [0.15, 0.2) is 8.32 Å². The van der Waals surface area contributed by atoms with Crippen LogP contribution in [-0.2, 0) is 20.5 Å². The fraction of sp³-hybridized carbons (Fsp3) is 0.667. The summed E-state index contributed by atoms with van der Waals surface area (Å²) in [5.41, 5.74) is 1.20. The Labute approximate surface area is 160 Å². The van der Waals surface area contributed by atoms with Crippen LogP contribution in [0.2, 0.25) is 18.1 Å². The molecule has 4 nitrogen and oxygen atoms in total. The van der Waals surface area contributed by atoms with Crippen molar-refractivity contribution in [2.24, 2.45) is 11.8 Å². The molecule has 0 amide bonds. The first kappa shape index (κ1) is 22.9. The van der Waals surface area contributed by atoms with E-state index in [4.69, 9.17) is 9.16 Å². The van der Waals surface area contributed by atoms with Crippen LogP contribution in [0.5, 0.6) is 0 Å². The van der Waals surface area contributed by atoms with Crippen molar-refractivity contribution in [1.82, 2.24) is 5.32 Å². The molecule has 2 atom stereocenters. The Morgan fingerprint density at radius 1 is 1.15 bits per heavy atom. The number of carbonyl (C=O) groups is 1. The minimum Gasteiger partial charge on any atom is -0.469 e. The molecule has 0 spiro atoms. The zero-order valence-corrected chi connectivity index (χ0v) is 18.8. The third kappa shape index (κ3) is 6.52. The normalized spacial score (nSPS) is 15.0. The maximum atomic E-state index is 12.5. The van der Waals surface area contributed by atoms with Crippen molar-refractivity contribution in [2.45, 2.75) is 65.4 Å². The number of hydrogen-bond donors (Lipinski definition) is 1. The van der Waals surface area contributed by atoms with Crippen LogP contribution >= 0.6 is 0 Å². The molecule has 5 heteroatoms. The molecule has 0 radical (unpaired) electrons. The van der Waals surface area contributed by atoms with Gasteiger partial charge >= 0.3 is 5.97 Å². The summed E-state index contributed by atoms with van der Waals surface area (Å²) in [6.45, 7) is 16.6. The molecular weight excluding hydrogens is 342 g/mol. The monoisotopic (exact) mass is 379 g/mol. The lowest BCUT2D eigenvalue weighted by atomic mass is 9.93. The van der Waals surface area contributed by atoms with Gasteiger partial charge in [-0.25, -0.2) is 0 Å². The lowest BCUT2D eigenvalue weighted by molar-refractivity contribution is -0.150. The second-order valence-electron chi connectivity index (χ2n) is 8.83. The smallest absolute Gasteiger partial charge is 0.312 e. The van der Waals surface area contributed by atoms with Gasteiger partial charge < -0.3 is 14.5 Å². The van der Waals surface area contributed by atoms with E-state index < -0.39 is 8.32 Å². The van der Waals surface area contributed by atoms with Crippen molar-refractivity contribution < 1.29 is 14.0 Å². The summed E-state index contributed by atoms with van der Waals surface area (Å²) in [7, 11) is -0.536. The molecule has 26 heavy (non-hydrogen) atoms. The third-order valence-electron chi connectivity index (χ3n) is 5.33. The SMILES string of the molecule is COC(=O)[C@H](CNCc1ccccc1)[C@H](O[Si](C)(C)C(C)(C)C)C(C)C. The summed E-state index contributed by atoms with van der Waals surface area (Å²) in [4.78, 5) is 12.5. The summed E-state index contributed by atoms with van der Waals surface area (Å²) >= 11 is 0. The third-order valence-corrected chi connectivity index (χ3v) is 9.80. The molecule has 0 unspecified atom stereocenters. The van der Waals surface area contributed by atoms with E-state index in [-0.39, 0.29) is 28.9 Å². The summed E-state index contributed by atoms with van der Waals surface area (Å²) in [6, 6.07) is 10.2. The number of esters is 1. The summed E-state index contributed by atoms with van der Waals surface area (Å²) in [5.74, 6) is -0.299. The highest BCUT2D eigenvalue weighted by molar-refractivity contribution is 6.74. The first-order chi connectivity index (χ1) is 12.0. The predicted octanol–water partition coefficient (Wildman–Crippen LogP) is 4.61. The van der Waals surface area contributed by atoms with E-state index in [2.05, 4.69) is 65.2 Å². The molecular formula is C21H37NO3Si. The average Bonchev–Trinajstić information content (AvgIpc) is 2.56. The van der Waals surface area contributed by atoms with Crippen LogP contribution < -0.4 is 5.32 Å². The fourth-order valence-corrected chi connectivity index (χ4v) is 4.12. The molecule has 0 heterocycles. The van der Waals surface area contributed by atoms with Crippen molar-refractivity contribution in [3.05, 3.63) is 35.9 Å². The molecule has 0 fully saturated rings. The van der Waals surface area contributed by atoms with E-state index in [1.54, 1.807) is 0 Å². The van der Waals surface area contributed by atoms with Crippen LogP contribution in [0.4, 0.5) is 0 Å². The van der Waals surface area contributed by atoms with Crippen molar-refractivity contribution in [2.75, 3.05) is 13.7 Å². The van der Waals surface area contributed by atoms with Crippen LogP contribution in [0.15, 0.2) is 30.3 Å². The van der Waals surface area contributed by atoms with E-state index in [1.807, 2.05) is 18.2 Å². The number of rotatable bonds is 9. The molecule has 0 aliphatic carbocycles. The zero-order valence-electron chi connectivity index (χ0n) is 17.8. The van der Waals surface area contributed by atoms with Crippen molar-refractivity contribution >= 4 is 14.3 Å². The van der Waals surface area contributed by atoms with Gasteiger partial charge in [-0.15, -0.1) is 0 Å². The van der Waals surface area contributed by atoms with E-state index in [9.17, 15) is 4.79 Å². The minimum absolute atomic E-state index is 0.0955. The standard InChI is InChI=1S/C21H37NO3Si/c1-16(2)19(25-26(7,8)21(3,4)5)18(20(23)24-6)15-22-14-17-12-10-9-11-13-17/h9-13,16,18-19,22H,14-15H2,1-8H3/t18-,19-/m1/s1. The number of hydrogen-bond acceptors (Lipinski definition) is 4. The van der Waals surface area contributed by atoms with Crippen LogP contribution in [0.1, 0.15) is 40.2 Å². The molecule has 1 aromatic rings. The van der Waals surface area contributed by atoms with Gasteiger partial charge in [0.1, 0.15) is 0 Å². The van der Waals surface area contributed by atoms with Crippen molar-refractivity contribution in [1.29, 1.82) is 0 Å². The van der Waals surface area contributed by atoms with E-state index in [0.29, 0.717) is 6.54 Å². The molecule has 0 aliphatic heterocycles. The number of carbonyl (C=O) groups excluding carboxylic acids is 1. The first-order valence-electron chi connectivity index (χ1n) is 9.50. The summed E-state index contributed by atoms with van der Waals surface area (Å²) in [6.07, 6.45) is -0.161. The number of benzene rings is 1. The molecule has 0 aliphatic rings. The van der Waals surface area contributed by atoms with Gasteiger partial charge in [0, 0.05) is 13.1 Å². The second-order valence-corrected chi connectivity index (χ2v) is 13.6. The average molecular weight is 380 g/mol. The van der Waals surface area contributed by atoms with E-state index in [0.717, 1.165) is 6.54 Å². The molecule has 1 N–H and O–H groups in total. The summed E-state index contributed by atoms with van der Waals surface area (Å²) < 4.78 is 11.8. The van der Waals surface area contributed by atoms with Gasteiger partial charge in [0.25, 0.3) is 0 Å². The van der Waals surface area contributed by atoms with Gasteiger partial charge in [0.2, 0.25) is 0 Å². The zero-order chi connectivity index (χ0) is 20.0. The van der Waals surface area contributed by atoms with E-state index in [1.165, 1.54) is 12.7 Å². The Bertz CT molecular complexity index is 552. The van der Waals surface area contributed by atoms with Crippen LogP contribution in [-0.4, -0.2) is 34.0 Å². The van der Waals surface area contributed by atoms with Gasteiger partial charge in [-0.3, -0.25) is 4.79 Å². The Morgan fingerprint density at radius 2 is 1.73 bits per heavy atom. The lowest BCUT2D eigenvalue weighted by Gasteiger charge is -2.42. The topological polar surface area (TPSA) is 47.6 Å². The maximum Gasteiger partial charge on any atom is 0.312 e. The highest BCUT2D eigenvalue weighted by atomic mass is 28.4. The minimum atomic E-state index is -1.99. The molecule has 1 aromatic carbocycles. The maximum absolute atomic E-state index is 12.5. The van der Waals surface area contributed by atoms with Crippen molar-refractivity contribution in [3.63, 3.8) is 0 Å². The summed E-state index contributed by atoms with van der Waals surface area (Å²) in [5, 5.41) is 3.51. The van der Waals surface area contributed by atoms with Gasteiger partial charge in [-0.05, 0) is 29.6 Å². The Balaban J connectivity index is 2.89. The second kappa shape index (κ2) is 9.67. The quantitative estimate of drug-likeness (QED) is 0.503. The van der Waals surface area contributed by atoms with Gasteiger partial charge in [-0.2, -0.15) is 0 Å². The molecule has 148 valence electrons. The highest BCUT2D eigenvalue weighted by Gasteiger charge is 2.43. The molecule has 0 saturated heterocycles. The predicted molar refractivity (Wildman–Crippen MR) is 111 cm³/mol. The fourth-order valence-electron chi connectivity index (χ4n) is 2.65. The highest BCUT2D eigenvalue weighted by Crippen LogP contribution is 2.39. The first-order valence-corrected chi connectivity index (χ1v) is 12.4. The van der Waals surface area contributed by atoms with Crippen LogP contribution in [0, 0.1) is 11.8 Å². The Hall–Kier alpha value is -1.17. The molecule has 0 aromatic heterocycles. The largest absolute Gasteiger partial charge is 0.469 e. The number of nitrogens with one attached hydrogen (secondary N) is 1. The molecule has 0 saturated carbocycles. The Kier molecular flexibility index (Phi) is 8.51. The molecule has 1 rings (SSSR count). The van der Waals surface area contributed by atoms with Crippen LogP contribution in [0.3, 0.4) is 0 Å².